The summed E-state index contributed by atoms with van der Waals surface area (Å²) in [5.41, 5.74) is 0. The Bertz CT molecular complexity index is 308. The van der Waals surface area contributed by atoms with E-state index in [1.165, 1.54) is 19.3 Å². The Morgan fingerprint density at radius 2 is 1.94 bits per heavy atom. The minimum absolute atomic E-state index is 0.351. The molecule has 0 saturated carbocycles. The minimum Gasteiger partial charge on any atom is -0.315 e. The van der Waals surface area contributed by atoms with Crippen LogP contribution in [-0.4, -0.2) is 57.0 Å². The Balaban J connectivity index is 1.93. The Hall–Kier alpha value is -0.130. The fraction of sp³-hybridized carbons (Fsp3) is 1.00. The molecule has 1 N–H and O–H groups in total. The zero-order valence-electron chi connectivity index (χ0n) is 9.82. The van der Waals surface area contributed by atoms with Gasteiger partial charge in [0.15, 0.2) is 9.84 Å². The van der Waals surface area contributed by atoms with E-state index in [9.17, 15) is 8.42 Å². The number of hydrogen-bond donors (Lipinski definition) is 1. The molecule has 4 nitrogen and oxygen atoms in total. The molecule has 16 heavy (non-hydrogen) atoms. The van der Waals surface area contributed by atoms with E-state index in [1.807, 2.05) is 0 Å². The van der Waals surface area contributed by atoms with E-state index in [2.05, 4.69) is 10.2 Å². The number of hydrogen-bond acceptors (Lipinski definition) is 4. The van der Waals surface area contributed by atoms with Crippen molar-refractivity contribution in [2.45, 2.75) is 31.7 Å². The first-order chi connectivity index (χ1) is 7.67. The standard InChI is InChI=1S/C11H22N2O2S/c14-16(15)8-3-6-13(7-9-16)11-4-1-2-5-12-10-11/h11-12H,1-10H2. The van der Waals surface area contributed by atoms with Gasteiger partial charge in [0.05, 0.1) is 11.5 Å². The van der Waals surface area contributed by atoms with Crippen LogP contribution in [-0.2, 0) is 9.84 Å². The molecule has 2 heterocycles. The molecular formula is C11H22N2O2S. The zero-order valence-corrected chi connectivity index (χ0v) is 10.6. The lowest BCUT2D eigenvalue weighted by Crippen LogP contribution is -2.42. The second kappa shape index (κ2) is 5.47. The molecule has 2 rings (SSSR count). The van der Waals surface area contributed by atoms with Crippen molar-refractivity contribution in [3.63, 3.8) is 0 Å². The van der Waals surface area contributed by atoms with E-state index < -0.39 is 9.84 Å². The van der Waals surface area contributed by atoms with Crippen LogP contribution in [0.25, 0.3) is 0 Å². The molecule has 0 bridgehead atoms. The van der Waals surface area contributed by atoms with Crippen LogP contribution in [0.5, 0.6) is 0 Å². The molecule has 0 spiro atoms. The van der Waals surface area contributed by atoms with E-state index in [1.54, 1.807) is 0 Å². The molecule has 0 aromatic rings. The minimum atomic E-state index is -2.76. The van der Waals surface area contributed by atoms with Gasteiger partial charge >= 0.3 is 0 Å². The predicted molar refractivity (Wildman–Crippen MR) is 65.4 cm³/mol. The number of sulfone groups is 1. The van der Waals surface area contributed by atoms with Gasteiger partial charge < -0.3 is 5.32 Å². The average molecular weight is 246 g/mol. The van der Waals surface area contributed by atoms with E-state index in [4.69, 9.17) is 0 Å². The van der Waals surface area contributed by atoms with Crippen molar-refractivity contribution >= 4 is 9.84 Å². The average Bonchev–Trinajstić information content (AvgIpc) is 2.58. The van der Waals surface area contributed by atoms with Gasteiger partial charge in [-0.05, 0) is 32.4 Å². The molecule has 2 aliphatic heterocycles. The Labute approximate surface area is 98.3 Å². The summed E-state index contributed by atoms with van der Waals surface area (Å²) >= 11 is 0. The summed E-state index contributed by atoms with van der Waals surface area (Å²) in [4.78, 5) is 2.38. The maximum Gasteiger partial charge on any atom is 0.151 e. The topological polar surface area (TPSA) is 49.4 Å². The van der Waals surface area contributed by atoms with Gasteiger partial charge in [0.25, 0.3) is 0 Å². The monoisotopic (exact) mass is 246 g/mol. The van der Waals surface area contributed by atoms with E-state index in [0.29, 0.717) is 17.5 Å². The Morgan fingerprint density at radius 3 is 2.81 bits per heavy atom. The van der Waals surface area contributed by atoms with Crippen LogP contribution in [0.2, 0.25) is 0 Å². The van der Waals surface area contributed by atoms with Crippen molar-refractivity contribution in [1.82, 2.24) is 10.2 Å². The van der Waals surface area contributed by atoms with Crippen LogP contribution in [0.1, 0.15) is 25.7 Å². The lowest BCUT2D eigenvalue weighted by atomic mass is 10.1. The molecule has 1 unspecified atom stereocenters. The summed E-state index contributed by atoms with van der Waals surface area (Å²) in [6.07, 6.45) is 4.54. The van der Waals surface area contributed by atoms with Gasteiger partial charge in [-0.1, -0.05) is 6.42 Å². The molecule has 0 aromatic carbocycles. The van der Waals surface area contributed by atoms with E-state index >= 15 is 0 Å². The van der Waals surface area contributed by atoms with Gasteiger partial charge in [-0.25, -0.2) is 8.42 Å². The van der Waals surface area contributed by atoms with Gasteiger partial charge in [-0.3, -0.25) is 4.90 Å². The summed E-state index contributed by atoms with van der Waals surface area (Å²) in [5.74, 6) is 0.729. The molecule has 2 aliphatic rings. The molecule has 5 heteroatoms. The highest BCUT2D eigenvalue weighted by Crippen LogP contribution is 2.14. The summed E-state index contributed by atoms with van der Waals surface area (Å²) in [6.45, 7) is 3.82. The first kappa shape index (κ1) is 12.3. The highest BCUT2D eigenvalue weighted by Gasteiger charge is 2.24. The lowest BCUT2D eigenvalue weighted by molar-refractivity contribution is 0.201. The second-order valence-corrected chi connectivity index (χ2v) is 7.20. The van der Waals surface area contributed by atoms with Crippen molar-refractivity contribution in [3.8, 4) is 0 Å². The third-order valence-electron chi connectivity index (χ3n) is 3.63. The summed E-state index contributed by atoms with van der Waals surface area (Å²) < 4.78 is 23.0. The highest BCUT2D eigenvalue weighted by molar-refractivity contribution is 7.91. The SMILES string of the molecule is O=S1(=O)CCCN(C2CCCCNC2)CC1. The van der Waals surface area contributed by atoms with Gasteiger partial charge in [0.1, 0.15) is 0 Å². The fourth-order valence-electron chi connectivity index (χ4n) is 2.64. The number of rotatable bonds is 1. The second-order valence-electron chi connectivity index (χ2n) is 4.90. The largest absolute Gasteiger partial charge is 0.315 e. The molecule has 0 aliphatic carbocycles. The molecule has 0 radical (unpaired) electrons. The molecular weight excluding hydrogens is 224 g/mol. The molecule has 0 aromatic heterocycles. The van der Waals surface area contributed by atoms with Gasteiger partial charge in [0.2, 0.25) is 0 Å². The Morgan fingerprint density at radius 1 is 1.06 bits per heavy atom. The molecule has 2 saturated heterocycles. The Kier molecular flexibility index (Phi) is 4.21. The maximum absolute atomic E-state index is 11.5. The van der Waals surface area contributed by atoms with Crippen molar-refractivity contribution in [1.29, 1.82) is 0 Å². The van der Waals surface area contributed by atoms with Crippen LogP contribution >= 0.6 is 0 Å². The van der Waals surface area contributed by atoms with Gasteiger partial charge in [-0.2, -0.15) is 0 Å². The van der Waals surface area contributed by atoms with Crippen LogP contribution in [0.3, 0.4) is 0 Å². The quantitative estimate of drug-likeness (QED) is 0.720. The van der Waals surface area contributed by atoms with Gasteiger partial charge in [-0.15, -0.1) is 0 Å². The third kappa shape index (κ3) is 3.43. The lowest BCUT2D eigenvalue weighted by Gasteiger charge is -2.29. The first-order valence-electron chi connectivity index (χ1n) is 6.32. The van der Waals surface area contributed by atoms with Crippen LogP contribution in [0, 0.1) is 0 Å². The smallest absolute Gasteiger partial charge is 0.151 e. The fourth-order valence-corrected chi connectivity index (χ4v) is 3.92. The zero-order chi connectivity index (χ0) is 11.4. The summed E-state index contributed by atoms with van der Waals surface area (Å²) in [5, 5.41) is 3.44. The van der Waals surface area contributed by atoms with Gasteiger partial charge in [0, 0.05) is 19.1 Å². The first-order valence-corrected chi connectivity index (χ1v) is 8.15. The summed E-state index contributed by atoms with van der Waals surface area (Å²) in [7, 11) is -2.76. The van der Waals surface area contributed by atoms with Crippen LogP contribution < -0.4 is 5.32 Å². The molecule has 0 amide bonds. The van der Waals surface area contributed by atoms with Crippen LogP contribution in [0.4, 0.5) is 0 Å². The molecule has 2 fully saturated rings. The van der Waals surface area contributed by atoms with Crippen molar-refractivity contribution in [2.24, 2.45) is 0 Å². The number of nitrogens with one attached hydrogen (secondary N) is 1. The van der Waals surface area contributed by atoms with Crippen molar-refractivity contribution in [3.05, 3.63) is 0 Å². The predicted octanol–water partition coefficient (Wildman–Crippen LogP) is 0.249. The normalized spacial score (nSPS) is 32.9. The highest BCUT2D eigenvalue weighted by atomic mass is 32.2. The van der Waals surface area contributed by atoms with E-state index in [-0.39, 0.29) is 0 Å². The third-order valence-corrected chi connectivity index (χ3v) is 5.34. The van der Waals surface area contributed by atoms with Crippen molar-refractivity contribution in [2.75, 3.05) is 37.7 Å². The summed E-state index contributed by atoms with van der Waals surface area (Å²) in [6, 6.07) is 0.552. The molecule has 1 atom stereocenters. The van der Waals surface area contributed by atoms with Crippen molar-refractivity contribution < 1.29 is 8.42 Å². The molecule has 94 valence electrons. The maximum atomic E-state index is 11.5. The van der Waals surface area contributed by atoms with Crippen LogP contribution in [0.15, 0.2) is 0 Å². The van der Waals surface area contributed by atoms with E-state index in [0.717, 1.165) is 32.6 Å². The number of nitrogens with zero attached hydrogens (tertiary/aromatic N) is 1.